The molecule has 2 rings (SSSR count). The molecule has 0 fully saturated rings. The van der Waals surface area contributed by atoms with Gasteiger partial charge in [-0.25, -0.2) is 0 Å². The van der Waals surface area contributed by atoms with Crippen LogP contribution in [0.25, 0.3) is 0 Å². The molecule has 0 radical (unpaired) electrons. The molecule has 0 spiro atoms. The van der Waals surface area contributed by atoms with Gasteiger partial charge in [-0.3, -0.25) is 9.13 Å². The van der Waals surface area contributed by atoms with Crippen LogP contribution in [0, 0.1) is 0 Å². The molecule has 11 heteroatoms. The Labute approximate surface area is 180 Å². The van der Waals surface area contributed by atoms with Gasteiger partial charge in [0.05, 0.1) is 6.61 Å². The standard InChI is InChI=1S/C20H28O9P2/c1-2-18(14-3-7-16(21)8-4-14)19(15-5-9-17(22)10-6-15)13-29-12-11-20(30(23,24)25)31(26,27)28/h3-10,18-22H,2,11-13H2,1H3,(H2,23,24,25)(H2,26,27,28). The van der Waals surface area contributed by atoms with Gasteiger partial charge in [-0.1, -0.05) is 31.2 Å². The minimum Gasteiger partial charge on any atom is -0.508 e. The zero-order valence-electron chi connectivity index (χ0n) is 17.0. The fraction of sp³-hybridized carbons (Fsp3) is 0.400. The lowest BCUT2D eigenvalue weighted by Gasteiger charge is -2.28. The maximum atomic E-state index is 11.4. The highest BCUT2D eigenvalue weighted by Crippen LogP contribution is 2.61. The van der Waals surface area contributed by atoms with Gasteiger partial charge < -0.3 is 34.5 Å². The van der Waals surface area contributed by atoms with Gasteiger partial charge >= 0.3 is 15.2 Å². The van der Waals surface area contributed by atoms with Gasteiger partial charge in [-0.15, -0.1) is 0 Å². The molecule has 0 aliphatic heterocycles. The highest BCUT2D eigenvalue weighted by molar-refractivity contribution is 7.70. The topological polar surface area (TPSA) is 165 Å². The Morgan fingerprint density at radius 2 is 1.19 bits per heavy atom. The van der Waals surface area contributed by atoms with Crippen molar-refractivity contribution >= 4 is 15.2 Å². The van der Waals surface area contributed by atoms with Gasteiger partial charge in [0.1, 0.15) is 11.5 Å². The first-order chi connectivity index (χ1) is 14.4. The summed E-state index contributed by atoms with van der Waals surface area (Å²) in [7, 11) is -9.99. The van der Waals surface area contributed by atoms with E-state index in [1.54, 1.807) is 48.5 Å². The molecule has 0 saturated heterocycles. The predicted octanol–water partition coefficient (Wildman–Crippen LogP) is 3.46. The van der Waals surface area contributed by atoms with Crippen molar-refractivity contribution in [2.45, 2.75) is 37.0 Å². The van der Waals surface area contributed by atoms with Gasteiger partial charge in [0.15, 0.2) is 5.40 Å². The highest BCUT2D eigenvalue weighted by Gasteiger charge is 2.42. The molecule has 172 valence electrons. The summed E-state index contributed by atoms with van der Waals surface area (Å²) in [5.74, 6) is -0.00704. The van der Waals surface area contributed by atoms with Crippen molar-refractivity contribution in [3.63, 3.8) is 0 Å². The van der Waals surface area contributed by atoms with E-state index in [0.717, 1.165) is 11.1 Å². The minimum atomic E-state index is -5.00. The molecule has 0 bridgehead atoms. The number of ether oxygens (including phenoxy) is 1. The quantitative estimate of drug-likeness (QED) is 0.211. The third kappa shape index (κ3) is 7.44. The van der Waals surface area contributed by atoms with Crippen molar-refractivity contribution in [2.24, 2.45) is 0 Å². The Morgan fingerprint density at radius 3 is 1.58 bits per heavy atom. The van der Waals surface area contributed by atoms with Crippen LogP contribution in [0.2, 0.25) is 0 Å². The van der Waals surface area contributed by atoms with E-state index in [-0.39, 0.29) is 36.5 Å². The average molecular weight is 474 g/mol. The van der Waals surface area contributed by atoms with E-state index < -0.39 is 27.0 Å². The van der Waals surface area contributed by atoms with Crippen LogP contribution in [0.5, 0.6) is 11.5 Å². The van der Waals surface area contributed by atoms with Crippen molar-refractivity contribution in [1.29, 1.82) is 0 Å². The monoisotopic (exact) mass is 474 g/mol. The lowest BCUT2D eigenvalue weighted by molar-refractivity contribution is 0.110. The molecule has 0 aromatic heterocycles. The minimum absolute atomic E-state index is 0.0375. The zero-order valence-corrected chi connectivity index (χ0v) is 18.8. The predicted molar refractivity (Wildman–Crippen MR) is 115 cm³/mol. The molecular formula is C20H28O9P2. The number of benzene rings is 2. The Kier molecular flexibility index (Phi) is 8.86. The lowest BCUT2D eigenvalue weighted by atomic mass is 9.80. The molecule has 2 aromatic carbocycles. The fourth-order valence-corrected chi connectivity index (χ4v) is 6.02. The molecule has 9 nitrogen and oxygen atoms in total. The summed E-state index contributed by atoms with van der Waals surface area (Å²) in [4.78, 5) is 37.0. The largest absolute Gasteiger partial charge is 0.508 e. The second-order valence-corrected chi connectivity index (χ2v) is 11.3. The molecule has 0 saturated carbocycles. The van der Waals surface area contributed by atoms with E-state index in [1.807, 2.05) is 6.92 Å². The number of hydrogen-bond acceptors (Lipinski definition) is 5. The third-order valence-corrected chi connectivity index (χ3v) is 9.04. The van der Waals surface area contributed by atoms with E-state index in [9.17, 15) is 38.9 Å². The van der Waals surface area contributed by atoms with Crippen LogP contribution < -0.4 is 0 Å². The molecule has 31 heavy (non-hydrogen) atoms. The smallest absolute Gasteiger partial charge is 0.340 e. The SMILES string of the molecule is CCC(c1ccc(O)cc1)C(COCCC(P(=O)(O)O)P(=O)(O)O)c1ccc(O)cc1. The molecule has 0 aliphatic carbocycles. The molecule has 0 heterocycles. The zero-order chi connectivity index (χ0) is 23.2. The molecule has 2 unspecified atom stereocenters. The normalized spacial score (nSPS) is 14.5. The molecule has 0 amide bonds. The first kappa shape index (κ1) is 25.6. The number of hydrogen-bond donors (Lipinski definition) is 6. The number of rotatable bonds is 11. The van der Waals surface area contributed by atoms with Gasteiger partial charge in [-0.2, -0.15) is 0 Å². The Balaban J connectivity index is 2.19. The number of phenols is 2. The van der Waals surface area contributed by atoms with E-state index in [0.29, 0.717) is 6.42 Å². The average Bonchev–Trinajstić information content (AvgIpc) is 2.67. The lowest BCUT2D eigenvalue weighted by Crippen LogP contribution is -2.19. The second-order valence-electron chi connectivity index (χ2n) is 7.33. The van der Waals surface area contributed by atoms with Crippen molar-refractivity contribution < 1.29 is 43.7 Å². The summed E-state index contributed by atoms with van der Waals surface area (Å²) in [6.07, 6.45) is 0.222. The number of phenolic OH excluding ortho intramolecular Hbond substituents is 2. The summed E-state index contributed by atoms with van der Waals surface area (Å²) < 4.78 is 28.5. The maximum Gasteiger partial charge on any atom is 0.340 e. The Bertz CT molecular complexity index is 897. The molecule has 0 aliphatic rings. The molecule has 2 atom stereocenters. The van der Waals surface area contributed by atoms with E-state index in [2.05, 4.69) is 0 Å². The van der Waals surface area contributed by atoms with Gasteiger partial charge in [0, 0.05) is 12.5 Å². The van der Waals surface area contributed by atoms with E-state index in [1.165, 1.54) is 0 Å². The third-order valence-electron chi connectivity index (χ3n) is 5.16. The second kappa shape index (κ2) is 10.7. The van der Waals surface area contributed by atoms with Crippen molar-refractivity contribution in [1.82, 2.24) is 0 Å². The van der Waals surface area contributed by atoms with Crippen molar-refractivity contribution in [3.8, 4) is 11.5 Å². The molecule has 2 aromatic rings. The van der Waals surface area contributed by atoms with Gasteiger partial charge in [-0.05, 0) is 54.2 Å². The van der Waals surface area contributed by atoms with Crippen LogP contribution in [-0.2, 0) is 13.9 Å². The van der Waals surface area contributed by atoms with Crippen molar-refractivity contribution in [2.75, 3.05) is 13.2 Å². The highest BCUT2D eigenvalue weighted by atomic mass is 31.2. The Hall–Kier alpha value is -1.70. The maximum absolute atomic E-state index is 11.4. The van der Waals surface area contributed by atoms with Crippen LogP contribution in [0.4, 0.5) is 0 Å². The van der Waals surface area contributed by atoms with Crippen molar-refractivity contribution in [3.05, 3.63) is 59.7 Å². The first-order valence-electron chi connectivity index (χ1n) is 9.69. The van der Waals surface area contributed by atoms with Crippen LogP contribution in [0.15, 0.2) is 48.5 Å². The number of aromatic hydroxyl groups is 2. The summed E-state index contributed by atoms with van der Waals surface area (Å²) >= 11 is 0. The van der Waals surface area contributed by atoms with Gasteiger partial charge in [0.2, 0.25) is 0 Å². The summed E-state index contributed by atoms with van der Waals surface area (Å²) in [6.45, 7) is 1.86. The van der Waals surface area contributed by atoms with Crippen LogP contribution >= 0.6 is 15.2 Å². The van der Waals surface area contributed by atoms with E-state index in [4.69, 9.17) is 4.74 Å². The van der Waals surface area contributed by atoms with Crippen LogP contribution in [-0.4, -0.2) is 48.4 Å². The van der Waals surface area contributed by atoms with E-state index >= 15 is 0 Å². The van der Waals surface area contributed by atoms with Crippen LogP contribution in [0.1, 0.15) is 42.7 Å². The Morgan fingerprint density at radius 1 is 0.774 bits per heavy atom. The van der Waals surface area contributed by atoms with Crippen LogP contribution in [0.3, 0.4) is 0 Å². The summed E-state index contributed by atoms with van der Waals surface area (Å²) in [6, 6.07) is 13.4. The molecular weight excluding hydrogens is 446 g/mol. The molecule has 6 N–H and O–H groups in total. The van der Waals surface area contributed by atoms with Gasteiger partial charge in [0.25, 0.3) is 0 Å². The summed E-state index contributed by atoms with van der Waals surface area (Å²) in [5, 5.41) is 17.1. The first-order valence-corrected chi connectivity index (χ1v) is 13.1. The fourth-order valence-electron chi connectivity index (χ4n) is 3.57. The summed E-state index contributed by atoms with van der Waals surface area (Å²) in [5.41, 5.74) is 1.81.